The van der Waals surface area contributed by atoms with Gasteiger partial charge >= 0.3 is 0 Å². The average Bonchev–Trinajstić information content (AvgIpc) is 3.23. The topological polar surface area (TPSA) is 109 Å². The van der Waals surface area contributed by atoms with Gasteiger partial charge in [0.15, 0.2) is 5.82 Å². The lowest BCUT2D eigenvalue weighted by atomic mass is 9.95. The minimum Gasteiger partial charge on any atom is -0.356 e. The molecule has 0 aromatic carbocycles. The van der Waals surface area contributed by atoms with Crippen molar-refractivity contribution < 1.29 is 9.59 Å². The number of anilines is 1. The average molecular weight is 356 g/mol. The number of hydrogen-bond acceptors (Lipinski definition) is 7. The summed E-state index contributed by atoms with van der Waals surface area (Å²) in [5.41, 5.74) is 0. The number of piperazine rings is 1. The van der Waals surface area contributed by atoms with Crippen molar-refractivity contribution in [1.82, 2.24) is 34.9 Å². The van der Waals surface area contributed by atoms with E-state index in [4.69, 9.17) is 0 Å². The van der Waals surface area contributed by atoms with Gasteiger partial charge in [0.1, 0.15) is 24.8 Å². The Kier molecular flexibility index (Phi) is 4.46. The Morgan fingerprint density at radius 1 is 1.12 bits per heavy atom. The molecule has 136 valence electrons. The van der Waals surface area contributed by atoms with Gasteiger partial charge in [-0.25, -0.2) is 19.6 Å². The van der Waals surface area contributed by atoms with E-state index in [1.54, 1.807) is 15.9 Å². The largest absolute Gasteiger partial charge is 0.356 e. The monoisotopic (exact) mass is 356 g/mol. The van der Waals surface area contributed by atoms with Crippen LogP contribution < -0.4 is 10.2 Å². The van der Waals surface area contributed by atoms with Crippen molar-refractivity contribution in [3.63, 3.8) is 0 Å². The summed E-state index contributed by atoms with van der Waals surface area (Å²) in [6.45, 7) is 2.79. The number of carbonyl (C=O) groups excluding carboxylic acids is 2. The highest BCUT2D eigenvalue weighted by atomic mass is 16.2. The van der Waals surface area contributed by atoms with Crippen LogP contribution in [0.15, 0.2) is 25.0 Å². The van der Waals surface area contributed by atoms with Gasteiger partial charge in [0.2, 0.25) is 11.8 Å². The van der Waals surface area contributed by atoms with Crippen molar-refractivity contribution in [3.8, 4) is 5.82 Å². The maximum atomic E-state index is 12.6. The molecule has 2 fully saturated rings. The van der Waals surface area contributed by atoms with E-state index in [0.717, 1.165) is 31.7 Å². The predicted octanol–water partition coefficient (Wildman–Crippen LogP) is -0.768. The summed E-state index contributed by atoms with van der Waals surface area (Å²) in [5.74, 6) is 1.45. The molecule has 2 saturated heterocycles. The van der Waals surface area contributed by atoms with Crippen LogP contribution >= 0.6 is 0 Å². The zero-order chi connectivity index (χ0) is 17.9. The predicted molar refractivity (Wildman–Crippen MR) is 91.5 cm³/mol. The second-order valence-electron chi connectivity index (χ2n) is 6.45. The van der Waals surface area contributed by atoms with Gasteiger partial charge in [0.05, 0.1) is 6.54 Å². The summed E-state index contributed by atoms with van der Waals surface area (Å²) < 4.78 is 1.59. The lowest BCUT2D eigenvalue weighted by Crippen LogP contribution is -2.52. The van der Waals surface area contributed by atoms with Gasteiger partial charge in [0.25, 0.3) is 0 Å². The van der Waals surface area contributed by atoms with Crippen molar-refractivity contribution in [2.45, 2.75) is 12.8 Å². The van der Waals surface area contributed by atoms with Crippen molar-refractivity contribution in [2.75, 3.05) is 37.6 Å². The smallest absolute Gasteiger partial charge is 0.239 e. The molecule has 2 aliphatic heterocycles. The molecular weight excluding hydrogens is 336 g/mol. The molecule has 0 spiro atoms. The Morgan fingerprint density at radius 3 is 2.65 bits per heavy atom. The molecule has 0 saturated carbocycles. The lowest BCUT2D eigenvalue weighted by molar-refractivity contribution is -0.141. The van der Waals surface area contributed by atoms with Gasteiger partial charge < -0.3 is 15.1 Å². The molecule has 4 rings (SSSR count). The number of nitrogens with zero attached hydrogens (tertiary/aromatic N) is 7. The highest BCUT2D eigenvalue weighted by Gasteiger charge is 2.31. The first kappa shape index (κ1) is 16.4. The number of hydrogen-bond donors (Lipinski definition) is 1. The summed E-state index contributed by atoms with van der Waals surface area (Å²) in [6.07, 6.45) is 6.06. The molecule has 2 amide bonds. The fourth-order valence-electron chi connectivity index (χ4n) is 3.40. The molecule has 26 heavy (non-hydrogen) atoms. The lowest BCUT2D eigenvalue weighted by Gasteiger charge is -2.35. The van der Waals surface area contributed by atoms with Gasteiger partial charge in [-0.1, -0.05) is 0 Å². The van der Waals surface area contributed by atoms with E-state index < -0.39 is 0 Å². The van der Waals surface area contributed by atoms with Crippen molar-refractivity contribution in [3.05, 3.63) is 25.0 Å². The SMILES string of the molecule is O=C1CN(C(=O)C2CCN(c3cc(-n4cncn4)ncn3)CC2)CCN1. The first-order valence-corrected chi connectivity index (χ1v) is 8.68. The third-order valence-corrected chi connectivity index (χ3v) is 4.81. The van der Waals surface area contributed by atoms with Crippen LogP contribution in [0.25, 0.3) is 5.82 Å². The zero-order valence-electron chi connectivity index (χ0n) is 14.3. The molecule has 2 aromatic rings. The van der Waals surface area contributed by atoms with Crippen molar-refractivity contribution in [1.29, 1.82) is 0 Å². The van der Waals surface area contributed by atoms with Crippen LogP contribution in [0.4, 0.5) is 5.82 Å². The third kappa shape index (κ3) is 3.35. The van der Waals surface area contributed by atoms with Gasteiger partial charge in [0, 0.05) is 38.2 Å². The summed E-state index contributed by atoms with van der Waals surface area (Å²) in [6, 6.07) is 1.87. The Hall–Kier alpha value is -3.04. The van der Waals surface area contributed by atoms with E-state index in [0.29, 0.717) is 18.9 Å². The van der Waals surface area contributed by atoms with Gasteiger partial charge in [-0.3, -0.25) is 9.59 Å². The van der Waals surface area contributed by atoms with E-state index in [1.165, 1.54) is 12.7 Å². The number of piperidine rings is 1. The summed E-state index contributed by atoms with van der Waals surface area (Å²) >= 11 is 0. The number of carbonyl (C=O) groups is 2. The van der Waals surface area contributed by atoms with E-state index in [1.807, 2.05) is 6.07 Å². The summed E-state index contributed by atoms with van der Waals surface area (Å²) in [5, 5.41) is 6.83. The second kappa shape index (κ2) is 7.06. The van der Waals surface area contributed by atoms with Crippen LogP contribution in [0, 0.1) is 5.92 Å². The Labute approximate surface area is 150 Å². The number of amides is 2. The first-order valence-electron chi connectivity index (χ1n) is 8.68. The maximum Gasteiger partial charge on any atom is 0.239 e. The van der Waals surface area contributed by atoms with Crippen LogP contribution in [-0.4, -0.2) is 74.2 Å². The quantitative estimate of drug-likeness (QED) is 0.769. The van der Waals surface area contributed by atoms with Crippen molar-refractivity contribution in [2.24, 2.45) is 5.92 Å². The van der Waals surface area contributed by atoms with E-state index >= 15 is 0 Å². The molecule has 0 bridgehead atoms. The van der Waals surface area contributed by atoms with Crippen LogP contribution in [0.2, 0.25) is 0 Å². The van der Waals surface area contributed by atoms with Crippen LogP contribution in [0.3, 0.4) is 0 Å². The minimum atomic E-state index is -0.0799. The summed E-state index contributed by atoms with van der Waals surface area (Å²) in [4.78, 5) is 40.4. The number of rotatable bonds is 3. The van der Waals surface area contributed by atoms with Crippen LogP contribution in [0.5, 0.6) is 0 Å². The van der Waals surface area contributed by atoms with Crippen LogP contribution in [-0.2, 0) is 9.59 Å². The maximum absolute atomic E-state index is 12.6. The molecule has 4 heterocycles. The Bertz CT molecular complexity index is 785. The van der Waals surface area contributed by atoms with Crippen molar-refractivity contribution >= 4 is 17.6 Å². The Morgan fingerprint density at radius 2 is 1.92 bits per heavy atom. The first-order chi connectivity index (χ1) is 12.7. The highest BCUT2D eigenvalue weighted by Crippen LogP contribution is 2.24. The standard InChI is InChI=1S/C16H20N8O2/c25-15-8-23(6-3-18-15)16(26)12-1-4-22(5-2-12)13-7-14(20-10-19-13)24-11-17-9-21-24/h7,9-12H,1-6,8H2,(H,18,25). The van der Waals surface area contributed by atoms with Crippen LogP contribution in [0.1, 0.15) is 12.8 Å². The molecule has 1 N–H and O–H groups in total. The molecule has 0 radical (unpaired) electrons. The number of aromatic nitrogens is 5. The molecule has 0 atom stereocenters. The second-order valence-corrected chi connectivity index (χ2v) is 6.45. The summed E-state index contributed by atoms with van der Waals surface area (Å²) in [7, 11) is 0. The normalized spacial score (nSPS) is 18.7. The molecular formula is C16H20N8O2. The molecule has 10 heteroatoms. The molecule has 2 aliphatic rings. The van der Waals surface area contributed by atoms with E-state index in [2.05, 4.69) is 30.3 Å². The molecule has 2 aromatic heterocycles. The highest BCUT2D eigenvalue weighted by molar-refractivity contribution is 5.87. The molecule has 0 unspecified atom stereocenters. The molecule has 0 aliphatic carbocycles. The van der Waals surface area contributed by atoms with E-state index in [-0.39, 0.29) is 24.3 Å². The number of nitrogens with one attached hydrogen (secondary N) is 1. The fraction of sp³-hybridized carbons (Fsp3) is 0.500. The van der Waals surface area contributed by atoms with Gasteiger partial charge in [-0.05, 0) is 12.8 Å². The van der Waals surface area contributed by atoms with Gasteiger partial charge in [-0.2, -0.15) is 5.10 Å². The third-order valence-electron chi connectivity index (χ3n) is 4.81. The minimum absolute atomic E-state index is 0.0335. The molecule has 10 nitrogen and oxygen atoms in total. The fourth-order valence-corrected chi connectivity index (χ4v) is 3.40. The van der Waals surface area contributed by atoms with E-state index in [9.17, 15) is 9.59 Å². The Balaban J connectivity index is 1.38. The zero-order valence-corrected chi connectivity index (χ0v) is 14.3. The van der Waals surface area contributed by atoms with Gasteiger partial charge in [-0.15, -0.1) is 0 Å².